The van der Waals surface area contributed by atoms with Crippen LogP contribution in [-0.2, 0) is 0 Å². The van der Waals surface area contributed by atoms with Crippen molar-refractivity contribution in [2.24, 2.45) is 0 Å². The normalized spacial score (nSPS) is 15.1. The molecule has 3 aromatic carbocycles. The lowest BCUT2D eigenvalue weighted by atomic mass is 9.94. The SMILES string of the molecule is Cc1ccc2c(c1)oc1c(-c3nccc4cc(C5CCCC5)ccc34)cccc12. The lowest BCUT2D eigenvalue weighted by Gasteiger charge is -2.12. The molecule has 2 nitrogen and oxygen atoms in total. The maximum Gasteiger partial charge on any atom is 0.144 e. The van der Waals surface area contributed by atoms with Crippen molar-refractivity contribution in [3.63, 3.8) is 0 Å². The average molecular weight is 377 g/mol. The second kappa shape index (κ2) is 6.45. The number of pyridine rings is 1. The lowest BCUT2D eigenvalue weighted by molar-refractivity contribution is 0.669. The minimum Gasteiger partial charge on any atom is -0.455 e. The highest BCUT2D eigenvalue weighted by molar-refractivity contribution is 6.11. The van der Waals surface area contributed by atoms with E-state index in [1.54, 1.807) is 0 Å². The van der Waals surface area contributed by atoms with Crippen LogP contribution in [0.25, 0.3) is 44.0 Å². The predicted molar refractivity (Wildman–Crippen MR) is 120 cm³/mol. The summed E-state index contributed by atoms with van der Waals surface area (Å²) in [7, 11) is 0. The van der Waals surface area contributed by atoms with Gasteiger partial charge in [0.25, 0.3) is 0 Å². The van der Waals surface area contributed by atoms with Crippen LogP contribution in [0.1, 0.15) is 42.7 Å². The fraction of sp³-hybridized carbons (Fsp3) is 0.222. The summed E-state index contributed by atoms with van der Waals surface area (Å²) in [4.78, 5) is 4.78. The van der Waals surface area contributed by atoms with E-state index in [2.05, 4.69) is 67.6 Å². The van der Waals surface area contributed by atoms with Crippen molar-refractivity contribution < 1.29 is 4.42 Å². The molecule has 1 fully saturated rings. The Morgan fingerprint density at radius 3 is 2.62 bits per heavy atom. The molecule has 0 bridgehead atoms. The molecule has 1 aliphatic rings. The quantitative estimate of drug-likeness (QED) is 0.314. The Morgan fingerprint density at radius 2 is 1.72 bits per heavy atom. The van der Waals surface area contributed by atoms with E-state index >= 15 is 0 Å². The van der Waals surface area contributed by atoms with Gasteiger partial charge in [-0.25, -0.2) is 0 Å². The third-order valence-electron chi connectivity index (χ3n) is 6.52. The van der Waals surface area contributed by atoms with Crippen molar-refractivity contribution in [2.75, 3.05) is 0 Å². The van der Waals surface area contributed by atoms with Crippen molar-refractivity contribution in [3.8, 4) is 11.3 Å². The molecule has 0 radical (unpaired) electrons. The molecular formula is C27H23NO. The van der Waals surface area contributed by atoms with Crippen LogP contribution in [0.4, 0.5) is 0 Å². The molecule has 2 heterocycles. The van der Waals surface area contributed by atoms with E-state index in [4.69, 9.17) is 9.40 Å². The van der Waals surface area contributed by atoms with Gasteiger partial charge in [0.2, 0.25) is 0 Å². The molecule has 0 spiro atoms. The van der Waals surface area contributed by atoms with Gasteiger partial charge in [0.15, 0.2) is 0 Å². The van der Waals surface area contributed by atoms with Crippen molar-refractivity contribution in [2.45, 2.75) is 38.5 Å². The Kier molecular flexibility index (Phi) is 3.73. The monoisotopic (exact) mass is 377 g/mol. The number of hydrogen-bond acceptors (Lipinski definition) is 2. The smallest absolute Gasteiger partial charge is 0.144 e. The van der Waals surface area contributed by atoms with Crippen LogP contribution < -0.4 is 0 Å². The van der Waals surface area contributed by atoms with E-state index in [1.807, 2.05) is 6.20 Å². The molecule has 1 saturated carbocycles. The molecule has 0 amide bonds. The van der Waals surface area contributed by atoms with E-state index in [-0.39, 0.29) is 0 Å². The third kappa shape index (κ3) is 2.66. The summed E-state index contributed by atoms with van der Waals surface area (Å²) < 4.78 is 6.33. The molecule has 29 heavy (non-hydrogen) atoms. The Morgan fingerprint density at radius 1 is 0.862 bits per heavy atom. The lowest BCUT2D eigenvalue weighted by Crippen LogP contribution is -1.93. The number of aromatic nitrogens is 1. The summed E-state index contributed by atoms with van der Waals surface area (Å²) in [6, 6.07) is 21.9. The molecule has 5 aromatic rings. The maximum atomic E-state index is 6.33. The molecule has 0 saturated heterocycles. The molecule has 6 rings (SSSR count). The summed E-state index contributed by atoms with van der Waals surface area (Å²) in [5, 5.41) is 4.77. The first-order chi connectivity index (χ1) is 14.3. The Labute approximate surface area is 170 Å². The summed E-state index contributed by atoms with van der Waals surface area (Å²) in [5.74, 6) is 0.720. The van der Waals surface area contributed by atoms with Crippen LogP contribution in [-0.4, -0.2) is 4.98 Å². The van der Waals surface area contributed by atoms with E-state index in [0.717, 1.165) is 39.1 Å². The summed E-state index contributed by atoms with van der Waals surface area (Å²) in [5.41, 5.74) is 6.62. The second-order valence-electron chi connectivity index (χ2n) is 8.41. The zero-order valence-corrected chi connectivity index (χ0v) is 16.6. The highest BCUT2D eigenvalue weighted by Gasteiger charge is 2.19. The highest BCUT2D eigenvalue weighted by Crippen LogP contribution is 2.39. The van der Waals surface area contributed by atoms with Crippen LogP contribution in [0.15, 0.2) is 71.3 Å². The number of fused-ring (bicyclic) bond motifs is 4. The Hall–Kier alpha value is -3.13. The van der Waals surface area contributed by atoms with E-state index < -0.39 is 0 Å². The number of nitrogens with zero attached hydrogens (tertiary/aromatic N) is 1. The van der Waals surface area contributed by atoms with E-state index in [1.165, 1.54) is 47.6 Å². The minimum atomic E-state index is 0.720. The standard InChI is InChI=1S/C27H23NO/c1-17-9-11-22-23-7-4-8-24(27(23)29-25(22)15-17)26-21-12-10-19(18-5-2-3-6-18)16-20(21)13-14-28-26/h4,7-16,18H,2-3,5-6H2,1H3. The van der Waals surface area contributed by atoms with Crippen molar-refractivity contribution in [1.82, 2.24) is 4.98 Å². The molecular weight excluding hydrogens is 354 g/mol. The van der Waals surface area contributed by atoms with Crippen LogP contribution in [0.3, 0.4) is 0 Å². The van der Waals surface area contributed by atoms with Gasteiger partial charge in [-0.15, -0.1) is 0 Å². The molecule has 2 heteroatoms. The number of para-hydroxylation sites is 1. The largest absolute Gasteiger partial charge is 0.455 e. The summed E-state index contributed by atoms with van der Waals surface area (Å²) in [6.45, 7) is 2.10. The Balaban J connectivity index is 1.57. The van der Waals surface area contributed by atoms with E-state index in [9.17, 15) is 0 Å². The number of benzene rings is 3. The van der Waals surface area contributed by atoms with Gasteiger partial charge >= 0.3 is 0 Å². The van der Waals surface area contributed by atoms with Crippen LogP contribution >= 0.6 is 0 Å². The van der Waals surface area contributed by atoms with Crippen molar-refractivity contribution in [3.05, 3.63) is 78.0 Å². The fourth-order valence-electron chi connectivity index (χ4n) is 5.02. The summed E-state index contributed by atoms with van der Waals surface area (Å²) in [6.07, 6.45) is 7.29. The first kappa shape index (κ1) is 16.8. The molecule has 0 unspecified atom stereocenters. The Bertz CT molecular complexity index is 1370. The van der Waals surface area contributed by atoms with Crippen molar-refractivity contribution >= 4 is 32.7 Å². The average Bonchev–Trinajstić information content (AvgIpc) is 3.40. The zero-order valence-electron chi connectivity index (χ0n) is 16.6. The van der Waals surface area contributed by atoms with Crippen LogP contribution in [0, 0.1) is 6.92 Å². The third-order valence-corrected chi connectivity index (χ3v) is 6.52. The van der Waals surface area contributed by atoms with Gasteiger partial charge in [-0.1, -0.05) is 55.3 Å². The van der Waals surface area contributed by atoms with Gasteiger partial charge in [0, 0.05) is 27.9 Å². The van der Waals surface area contributed by atoms with Crippen LogP contribution in [0.2, 0.25) is 0 Å². The molecule has 2 aromatic heterocycles. The molecule has 0 aliphatic heterocycles. The van der Waals surface area contributed by atoms with Gasteiger partial charge in [-0.3, -0.25) is 4.98 Å². The maximum absolute atomic E-state index is 6.33. The number of hydrogen-bond donors (Lipinski definition) is 0. The number of rotatable bonds is 2. The fourth-order valence-corrected chi connectivity index (χ4v) is 5.02. The van der Waals surface area contributed by atoms with Gasteiger partial charge in [-0.2, -0.15) is 0 Å². The molecule has 0 N–H and O–H groups in total. The molecule has 142 valence electrons. The summed E-state index contributed by atoms with van der Waals surface area (Å²) >= 11 is 0. The molecule has 1 aliphatic carbocycles. The molecule has 0 atom stereocenters. The second-order valence-corrected chi connectivity index (χ2v) is 8.41. The van der Waals surface area contributed by atoms with Gasteiger partial charge < -0.3 is 4.42 Å². The zero-order chi connectivity index (χ0) is 19.4. The first-order valence-corrected chi connectivity index (χ1v) is 10.6. The number of furan rings is 1. The number of aryl methyl sites for hydroxylation is 1. The predicted octanol–water partition coefficient (Wildman–Crippen LogP) is 7.77. The highest BCUT2D eigenvalue weighted by atomic mass is 16.3. The van der Waals surface area contributed by atoms with E-state index in [0.29, 0.717) is 0 Å². The van der Waals surface area contributed by atoms with Gasteiger partial charge in [-0.05, 0) is 60.4 Å². The topological polar surface area (TPSA) is 26.0 Å². The minimum absolute atomic E-state index is 0.720. The van der Waals surface area contributed by atoms with Crippen molar-refractivity contribution in [1.29, 1.82) is 0 Å². The van der Waals surface area contributed by atoms with Crippen LogP contribution in [0.5, 0.6) is 0 Å². The first-order valence-electron chi connectivity index (χ1n) is 10.6. The van der Waals surface area contributed by atoms with Gasteiger partial charge in [0.05, 0.1) is 5.69 Å². The van der Waals surface area contributed by atoms with Gasteiger partial charge in [0.1, 0.15) is 11.2 Å².